The van der Waals surface area contributed by atoms with Crippen molar-refractivity contribution in [2.75, 3.05) is 0 Å². The Bertz CT molecular complexity index is 1050. The summed E-state index contributed by atoms with van der Waals surface area (Å²) in [5.74, 6) is -1.82. The lowest BCUT2D eigenvalue weighted by molar-refractivity contribution is -0.268. The molecule has 1 saturated carbocycles. The maximum atomic E-state index is 12.0. The van der Waals surface area contributed by atoms with Gasteiger partial charge in [0.15, 0.2) is 0 Å². The number of H-pyrrole nitrogens is 1. The summed E-state index contributed by atoms with van der Waals surface area (Å²) in [5.41, 5.74) is 1.78. The Morgan fingerprint density at radius 2 is 1.67 bits per heavy atom. The van der Waals surface area contributed by atoms with Crippen molar-refractivity contribution in [2.45, 2.75) is 140 Å². The molecule has 0 bridgehead atoms. The van der Waals surface area contributed by atoms with Crippen molar-refractivity contribution in [2.24, 2.45) is 11.8 Å². The van der Waals surface area contributed by atoms with Crippen LogP contribution < -0.4 is 5.11 Å². The van der Waals surface area contributed by atoms with Gasteiger partial charge in [-0.2, -0.15) is 0 Å². The molecule has 236 valence electrons. The first kappa shape index (κ1) is 34.1. The van der Waals surface area contributed by atoms with Crippen LogP contribution in [0.2, 0.25) is 0 Å². The molecule has 1 heterocycles. The Morgan fingerprint density at radius 1 is 0.976 bits per heavy atom. The molecule has 5 atom stereocenters. The smallest absolute Gasteiger partial charge is 0.309 e. The van der Waals surface area contributed by atoms with E-state index in [-0.39, 0.29) is 24.2 Å². The van der Waals surface area contributed by atoms with Gasteiger partial charge in [-0.3, -0.25) is 4.79 Å². The fraction of sp³-hybridized carbons (Fsp3) is 0.686. The molecule has 7 nitrogen and oxygen atoms in total. The minimum absolute atomic E-state index is 0.0250. The summed E-state index contributed by atoms with van der Waals surface area (Å²) in [5, 5.41) is 54.0. The molecule has 1 aliphatic carbocycles. The minimum Gasteiger partial charge on any atom is -0.872 e. The molecule has 2 aromatic rings. The first-order valence-electron chi connectivity index (χ1n) is 16.5. The van der Waals surface area contributed by atoms with Gasteiger partial charge in [0.05, 0.1) is 23.7 Å². The molecule has 0 spiro atoms. The molecule has 0 amide bonds. The summed E-state index contributed by atoms with van der Waals surface area (Å²) in [7, 11) is 0. The summed E-state index contributed by atoms with van der Waals surface area (Å²) in [6.45, 7) is 2.20. The predicted octanol–water partition coefficient (Wildman–Crippen LogP) is 6.73. The van der Waals surface area contributed by atoms with Gasteiger partial charge in [0.2, 0.25) is 0 Å². The monoisotopic (exact) mass is 584 g/mol. The van der Waals surface area contributed by atoms with Gasteiger partial charge in [0.25, 0.3) is 0 Å². The maximum Gasteiger partial charge on any atom is 0.309 e. The van der Waals surface area contributed by atoms with E-state index in [0.717, 1.165) is 74.7 Å². The molecule has 1 fully saturated rings. The standard InChI is InChI=1S/C35H55NO6/c1-2-3-4-5-8-15-29(37)16-9-6-7-10-18-31(34(40)41)33(39)21-23-35(42)22-12-14-27(35)25-28-19-20-32(36-28)26-13-11-17-30(38)24-26/h11,13,17,19-20,24,27,29,31,33,36-39,42H,2-10,12,14-16,18,21-23,25H2,1H3,(H,40,41)/p-1/t27-,29-,31-,33+,35-/m0/s1. The average Bonchev–Trinajstić information content (AvgIpc) is 3.58. The zero-order valence-corrected chi connectivity index (χ0v) is 25.6. The van der Waals surface area contributed by atoms with Crippen LogP contribution in [0, 0.1) is 11.8 Å². The molecule has 0 aliphatic heterocycles. The maximum absolute atomic E-state index is 12.0. The molecular weight excluding hydrogens is 530 g/mol. The first-order chi connectivity index (χ1) is 20.2. The largest absolute Gasteiger partial charge is 0.872 e. The van der Waals surface area contributed by atoms with Crippen LogP contribution in [0.1, 0.15) is 122 Å². The van der Waals surface area contributed by atoms with E-state index < -0.39 is 23.6 Å². The molecular formula is C35H54NO6-. The summed E-state index contributed by atoms with van der Waals surface area (Å²) in [6, 6.07) is 10.7. The summed E-state index contributed by atoms with van der Waals surface area (Å²) >= 11 is 0. The molecule has 1 aromatic heterocycles. The minimum atomic E-state index is -0.987. The van der Waals surface area contributed by atoms with Crippen molar-refractivity contribution in [3.63, 3.8) is 0 Å². The molecule has 0 unspecified atom stereocenters. The highest BCUT2D eigenvalue weighted by atomic mass is 16.4. The summed E-state index contributed by atoms with van der Waals surface area (Å²) < 4.78 is 0. The van der Waals surface area contributed by atoms with Gasteiger partial charge in [-0.15, -0.1) is 5.75 Å². The predicted molar refractivity (Wildman–Crippen MR) is 165 cm³/mol. The number of aliphatic carboxylic acids is 1. The van der Waals surface area contributed by atoms with Gasteiger partial charge >= 0.3 is 5.97 Å². The Kier molecular flexibility index (Phi) is 14.4. The number of rotatable bonds is 21. The van der Waals surface area contributed by atoms with E-state index in [1.807, 2.05) is 18.2 Å². The van der Waals surface area contributed by atoms with Crippen molar-refractivity contribution in [1.82, 2.24) is 4.98 Å². The second kappa shape index (κ2) is 17.7. The second-order valence-electron chi connectivity index (χ2n) is 12.7. The third-order valence-electron chi connectivity index (χ3n) is 9.38. The van der Waals surface area contributed by atoms with Gasteiger partial charge < -0.3 is 30.5 Å². The van der Waals surface area contributed by atoms with Crippen LogP contribution in [0.5, 0.6) is 5.75 Å². The number of hydrogen-bond donors (Lipinski definition) is 5. The number of benzene rings is 1. The quantitative estimate of drug-likeness (QED) is 0.103. The number of aromatic nitrogens is 1. The van der Waals surface area contributed by atoms with Crippen LogP contribution in [0.15, 0.2) is 36.4 Å². The fourth-order valence-electron chi connectivity index (χ4n) is 6.71. The Hall–Kier alpha value is -2.35. The zero-order valence-electron chi connectivity index (χ0n) is 25.6. The van der Waals surface area contributed by atoms with Crippen molar-refractivity contribution in [3.05, 3.63) is 42.1 Å². The van der Waals surface area contributed by atoms with Crippen molar-refractivity contribution < 1.29 is 30.3 Å². The number of unbranched alkanes of at least 4 members (excludes halogenated alkanes) is 7. The highest BCUT2D eigenvalue weighted by Crippen LogP contribution is 2.42. The van der Waals surface area contributed by atoms with Gasteiger partial charge in [0, 0.05) is 11.4 Å². The zero-order chi connectivity index (χ0) is 30.4. The van der Waals surface area contributed by atoms with E-state index in [1.54, 1.807) is 12.1 Å². The normalized spacial score (nSPS) is 20.9. The van der Waals surface area contributed by atoms with Crippen LogP contribution >= 0.6 is 0 Å². The Balaban J connectivity index is 1.38. The number of hydrogen-bond acceptors (Lipinski definition) is 5. The van der Waals surface area contributed by atoms with E-state index in [4.69, 9.17) is 0 Å². The van der Waals surface area contributed by atoms with E-state index in [1.165, 1.54) is 31.7 Å². The number of carboxylic acids is 1. The van der Waals surface area contributed by atoms with Crippen LogP contribution in [-0.4, -0.2) is 49.2 Å². The lowest BCUT2D eigenvalue weighted by Crippen LogP contribution is -2.37. The van der Waals surface area contributed by atoms with Gasteiger partial charge in [-0.1, -0.05) is 95.4 Å². The summed E-state index contributed by atoms with van der Waals surface area (Å²) in [4.78, 5) is 15.3. The first-order valence-corrected chi connectivity index (χ1v) is 16.5. The number of carbonyl (C=O) groups is 1. The molecule has 1 aromatic carbocycles. The molecule has 1 aliphatic rings. The fourth-order valence-corrected chi connectivity index (χ4v) is 6.71. The highest BCUT2D eigenvalue weighted by molar-refractivity contribution is 5.70. The molecule has 5 N–H and O–H groups in total. The number of carboxylic acid groups (broad SMARTS) is 1. The molecule has 0 radical (unpaired) electrons. The Labute approximate surface area is 252 Å². The second-order valence-corrected chi connectivity index (χ2v) is 12.7. The van der Waals surface area contributed by atoms with Crippen molar-refractivity contribution >= 4 is 5.97 Å². The van der Waals surface area contributed by atoms with E-state index in [0.29, 0.717) is 25.7 Å². The Morgan fingerprint density at radius 3 is 2.33 bits per heavy atom. The lowest BCUT2D eigenvalue weighted by Gasteiger charge is -2.32. The van der Waals surface area contributed by atoms with Crippen LogP contribution in [0.3, 0.4) is 0 Å². The van der Waals surface area contributed by atoms with E-state index in [9.17, 15) is 30.3 Å². The lowest BCUT2D eigenvalue weighted by atomic mass is 9.81. The SMILES string of the molecule is CCCCCCC[C@H](O)CCCCCC[C@H](C(=O)O)[C@H](O)CC[C@@]1(O)CCC[C@H]1Cc1ccc(-c2cccc([O-])c2)[nH]1. The highest BCUT2D eigenvalue weighted by Gasteiger charge is 2.41. The van der Waals surface area contributed by atoms with Crippen LogP contribution in [-0.2, 0) is 11.2 Å². The van der Waals surface area contributed by atoms with Gasteiger partial charge in [0.1, 0.15) is 0 Å². The van der Waals surface area contributed by atoms with Crippen LogP contribution in [0.25, 0.3) is 11.3 Å². The van der Waals surface area contributed by atoms with E-state index in [2.05, 4.69) is 11.9 Å². The summed E-state index contributed by atoms with van der Waals surface area (Å²) in [6.07, 6.45) is 14.2. The number of nitrogens with one attached hydrogen (secondary N) is 1. The van der Waals surface area contributed by atoms with Crippen LogP contribution in [0.4, 0.5) is 0 Å². The topological polar surface area (TPSA) is 137 Å². The molecule has 3 rings (SSSR count). The number of aromatic amines is 1. The molecule has 0 saturated heterocycles. The van der Waals surface area contributed by atoms with Crippen molar-refractivity contribution in [3.8, 4) is 17.0 Å². The number of aliphatic hydroxyl groups excluding tert-OH is 2. The van der Waals surface area contributed by atoms with Gasteiger partial charge in [-0.05, 0) is 75.0 Å². The molecule has 7 heteroatoms. The molecule has 42 heavy (non-hydrogen) atoms. The third-order valence-corrected chi connectivity index (χ3v) is 9.38. The van der Waals surface area contributed by atoms with Crippen molar-refractivity contribution in [1.29, 1.82) is 0 Å². The van der Waals surface area contributed by atoms with E-state index >= 15 is 0 Å². The third kappa shape index (κ3) is 11.1. The number of aliphatic hydroxyl groups is 3. The average molecular weight is 585 g/mol. The van der Waals surface area contributed by atoms with Gasteiger partial charge in [-0.25, -0.2) is 0 Å².